The highest BCUT2D eigenvalue weighted by atomic mass is 16.5. The number of anilines is 1. The molecule has 2 rings (SSSR count). The second-order valence-electron chi connectivity index (χ2n) is 4.89. The molecule has 1 aliphatic heterocycles. The Balaban J connectivity index is 2.53. The SMILES string of the molecule is COC(=O)C1=C(C(=O)OC)N(c2cccc(OCCO)c2)C=CC=C1. The van der Waals surface area contributed by atoms with E-state index >= 15 is 0 Å². The zero-order chi connectivity index (χ0) is 18.2. The van der Waals surface area contributed by atoms with Crippen molar-refractivity contribution in [3.63, 3.8) is 0 Å². The molecule has 132 valence electrons. The molecule has 0 radical (unpaired) electrons. The van der Waals surface area contributed by atoms with E-state index in [0.29, 0.717) is 11.4 Å². The fraction of sp³-hybridized carbons (Fsp3) is 0.222. The fourth-order valence-corrected chi connectivity index (χ4v) is 2.25. The van der Waals surface area contributed by atoms with Crippen molar-refractivity contribution in [3.05, 3.63) is 60.0 Å². The maximum absolute atomic E-state index is 12.3. The third-order valence-corrected chi connectivity index (χ3v) is 3.35. The second kappa shape index (κ2) is 8.70. The minimum Gasteiger partial charge on any atom is -0.491 e. The van der Waals surface area contributed by atoms with E-state index in [1.807, 2.05) is 0 Å². The topological polar surface area (TPSA) is 85.3 Å². The smallest absolute Gasteiger partial charge is 0.355 e. The number of esters is 2. The van der Waals surface area contributed by atoms with E-state index in [1.54, 1.807) is 42.6 Å². The molecule has 25 heavy (non-hydrogen) atoms. The standard InChI is InChI=1S/C18H19NO6/c1-23-17(21)15-8-3-4-9-19(16(15)18(22)24-2)13-6-5-7-14(12-13)25-11-10-20/h3-9,12,20H,10-11H2,1-2H3. The summed E-state index contributed by atoms with van der Waals surface area (Å²) in [6, 6.07) is 6.89. The molecular formula is C18H19NO6. The molecule has 0 fully saturated rings. The molecule has 0 aliphatic carbocycles. The molecule has 0 saturated heterocycles. The Hall–Kier alpha value is -3.06. The van der Waals surface area contributed by atoms with Gasteiger partial charge in [0, 0.05) is 18.0 Å². The Labute approximate surface area is 145 Å². The predicted octanol–water partition coefficient (Wildman–Crippen LogP) is 1.55. The van der Waals surface area contributed by atoms with E-state index in [4.69, 9.17) is 19.3 Å². The molecule has 0 spiro atoms. The highest BCUT2D eigenvalue weighted by Crippen LogP contribution is 2.28. The Kier molecular flexibility index (Phi) is 6.36. The quantitative estimate of drug-likeness (QED) is 0.783. The molecule has 1 aromatic carbocycles. The number of aliphatic hydroxyl groups is 1. The summed E-state index contributed by atoms with van der Waals surface area (Å²) in [6.07, 6.45) is 6.42. The molecular weight excluding hydrogens is 326 g/mol. The summed E-state index contributed by atoms with van der Waals surface area (Å²) in [6.45, 7) is 0.0333. The summed E-state index contributed by atoms with van der Waals surface area (Å²) in [7, 11) is 2.48. The van der Waals surface area contributed by atoms with Crippen molar-refractivity contribution >= 4 is 17.6 Å². The summed E-state index contributed by atoms with van der Waals surface area (Å²) in [4.78, 5) is 25.9. The predicted molar refractivity (Wildman–Crippen MR) is 90.8 cm³/mol. The van der Waals surface area contributed by atoms with Gasteiger partial charge < -0.3 is 24.2 Å². The van der Waals surface area contributed by atoms with Gasteiger partial charge in [0.25, 0.3) is 0 Å². The third kappa shape index (κ3) is 4.27. The molecule has 0 saturated carbocycles. The highest BCUT2D eigenvalue weighted by molar-refractivity contribution is 6.05. The first kappa shape index (κ1) is 18.3. The number of benzene rings is 1. The zero-order valence-corrected chi connectivity index (χ0v) is 14.0. The number of rotatable bonds is 6. The van der Waals surface area contributed by atoms with Crippen LogP contribution in [0.2, 0.25) is 0 Å². The van der Waals surface area contributed by atoms with Gasteiger partial charge in [-0.05, 0) is 24.3 Å². The number of nitrogens with zero attached hydrogens (tertiary/aromatic N) is 1. The Morgan fingerprint density at radius 2 is 1.88 bits per heavy atom. The van der Waals surface area contributed by atoms with E-state index in [9.17, 15) is 9.59 Å². The van der Waals surface area contributed by atoms with Crippen LogP contribution in [0.15, 0.2) is 60.0 Å². The van der Waals surface area contributed by atoms with Gasteiger partial charge in [-0.3, -0.25) is 0 Å². The van der Waals surface area contributed by atoms with Crippen molar-refractivity contribution in [1.29, 1.82) is 0 Å². The van der Waals surface area contributed by atoms with Crippen molar-refractivity contribution < 1.29 is 28.9 Å². The van der Waals surface area contributed by atoms with E-state index in [0.717, 1.165) is 0 Å². The van der Waals surface area contributed by atoms with Crippen LogP contribution in [0, 0.1) is 0 Å². The van der Waals surface area contributed by atoms with E-state index in [2.05, 4.69) is 0 Å². The number of hydrogen-bond donors (Lipinski definition) is 1. The van der Waals surface area contributed by atoms with Crippen LogP contribution in [0.4, 0.5) is 5.69 Å². The van der Waals surface area contributed by atoms with Crippen molar-refractivity contribution in [2.75, 3.05) is 32.3 Å². The Bertz CT molecular complexity index is 735. The molecule has 7 nitrogen and oxygen atoms in total. The molecule has 7 heteroatoms. The van der Waals surface area contributed by atoms with Gasteiger partial charge in [-0.15, -0.1) is 0 Å². The van der Waals surface area contributed by atoms with Crippen LogP contribution in [0.3, 0.4) is 0 Å². The number of carbonyl (C=O) groups is 2. The van der Waals surface area contributed by atoms with Gasteiger partial charge in [-0.1, -0.05) is 12.1 Å². The lowest BCUT2D eigenvalue weighted by Crippen LogP contribution is -2.27. The van der Waals surface area contributed by atoms with Crippen LogP contribution in [0.1, 0.15) is 0 Å². The monoisotopic (exact) mass is 345 g/mol. The van der Waals surface area contributed by atoms with Crippen LogP contribution in [0.25, 0.3) is 0 Å². The zero-order valence-electron chi connectivity index (χ0n) is 14.0. The Morgan fingerprint density at radius 3 is 2.56 bits per heavy atom. The van der Waals surface area contributed by atoms with Gasteiger partial charge in [-0.2, -0.15) is 0 Å². The molecule has 0 atom stereocenters. The van der Waals surface area contributed by atoms with Crippen LogP contribution in [-0.2, 0) is 19.1 Å². The maximum atomic E-state index is 12.3. The first-order valence-corrected chi connectivity index (χ1v) is 7.51. The average molecular weight is 345 g/mol. The van der Waals surface area contributed by atoms with Crippen LogP contribution in [0.5, 0.6) is 5.75 Å². The lowest BCUT2D eigenvalue weighted by atomic mass is 10.1. The van der Waals surface area contributed by atoms with E-state index in [-0.39, 0.29) is 24.5 Å². The number of ether oxygens (including phenoxy) is 3. The highest BCUT2D eigenvalue weighted by Gasteiger charge is 2.27. The normalized spacial score (nSPS) is 13.5. The first-order valence-electron chi connectivity index (χ1n) is 7.51. The van der Waals surface area contributed by atoms with Crippen molar-refractivity contribution in [3.8, 4) is 5.75 Å². The third-order valence-electron chi connectivity index (χ3n) is 3.35. The van der Waals surface area contributed by atoms with Gasteiger partial charge in [0.15, 0.2) is 0 Å². The van der Waals surface area contributed by atoms with Gasteiger partial charge in [0.2, 0.25) is 0 Å². The fourth-order valence-electron chi connectivity index (χ4n) is 2.25. The van der Waals surface area contributed by atoms with Crippen LogP contribution in [-0.4, -0.2) is 44.5 Å². The summed E-state index contributed by atoms with van der Waals surface area (Å²) < 4.78 is 15.0. The van der Waals surface area contributed by atoms with Crippen molar-refractivity contribution in [1.82, 2.24) is 0 Å². The number of allylic oxidation sites excluding steroid dienone is 2. The molecule has 0 unspecified atom stereocenters. The lowest BCUT2D eigenvalue weighted by molar-refractivity contribution is -0.139. The van der Waals surface area contributed by atoms with E-state index < -0.39 is 11.9 Å². The number of aliphatic hydroxyl groups excluding tert-OH is 1. The first-order chi connectivity index (χ1) is 12.1. The second-order valence-corrected chi connectivity index (χ2v) is 4.89. The molecule has 0 aromatic heterocycles. The largest absolute Gasteiger partial charge is 0.491 e. The summed E-state index contributed by atoms with van der Waals surface area (Å²) >= 11 is 0. The van der Waals surface area contributed by atoms with Gasteiger partial charge in [0.05, 0.1) is 26.4 Å². The van der Waals surface area contributed by atoms with E-state index in [1.165, 1.54) is 25.2 Å². The van der Waals surface area contributed by atoms with Gasteiger partial charge in [0.1, 0.15) is 18.1 Å². The molecule has 0 bridgehead atoms. The molecule has 1 aromatic rings. The molecule has 1 N–H and O–H groups in total. The average Bonchev–Trinajstić information content (AvgIpc) is 2.88. The minimum atomic E-state index is -0.682. The van der Waals surface area contributed by atoms with Gasteiger partial charge in [-0.25, -0.2) is 9.59 Å². The summed E-state index contributed by atoms with van der Waals surface area (Å²) in [5.41, 5.74) is 0.678. The minimum absolute atomic E-state index is 0.0265. The molecule has 1 aliphatic rings. The van der Waals surface area contributed by atoms with Crippen molar-refractivity contribution in [2.24, 2.45) is 0 Å². The van der Waals surface area contributed by atoms with Crippen LogP contribution < -0.4 is 9.64 Å². The summed E-state index contributed by atoms with van der Waals surface area (Å²) in [5, 5.41) is 8.88. The number of hydrogen-bond acceptors (Lipinski definition) is 7. The summed E-state index contributed by atoms with van der Waals surface area (Å²) in [5.74, 6) is -0.822. The molecule has 0 amide bonds. The van der Waals surface area contributed by atoms with Gasteiger partial charge >= 0.3 is 11.9 Å². The number of methoxy groups -OCH3 is 2. The van der Waals surface area contributed by atoms with Crippen LogP contribution >= 0.6 is 0 Å². The maximum Gasteiger partial charge on any atom is 0.355 e. The molecule has 1 heterocycles. The number of carbonyl (C=O) groups excluding carboxylic acids is 2. The lowest BCUT2D eigenvalue weighted by Gasteiger charge is -2.23. The Morgan fingerprint density at radius 1 is 1.12 bits per heavy atom. The van der Waals surface area contributed by atoms with Crippen molar-refractivity contribution in [2.45, 2.75) is 0 Å².